The van der Waals surface area contributed by atoms with Crippen LogP contribution in [-0.2, 0) is 9.53 Å². The number of nitrogens with two attached hydrogens (primary N) is 1. The molecule has 0 saturated carbocycles. The maximum Gasteiger partial charge on any atom is 0.248 e. The van der Waals surface area contributed by atoms with Gasteiger partial charge in [-0.2, -0.15) is 0 Å². The van der Waals surface area contributed by atoms with E-state index >= 15 is 0 Å². The van der Waals surface area contributed by atoms with Gasteiger partial charge >= 0.3 is 0 Å². The number of primary amides is 1. The van der Waals surface area contributed by atoms with Crippen LogP contribution < -0.4 is 10.6 Å². The monoisotopic (exact) mass is 435 g/mol. The second-order valence-electron chi connectivity index (χ2n) is 9.20. The molecule has 3 aliphatic rings. The zero-order chi connectivity index (χ0) is 22.2. The first-order chi connectivity index (χ1) is 15.5. The predicted octanol–water partition coefficient (Wildman–Crippen LogP) is 3.64. The number of rotatable bonds is 5. The van der Waals surface area contributed by atoms with Crippen molar-refractivity contribution in [1.29, 1.82) is 0 Å². The molecule has 0 spiro atoms. The van der Waals surface area contributed by atoms with E-state index in [2.05, 4.69) is 22.8 Å². The molecular formula is C26H30FN3O2. The number of amides is 1. The molecule has 2 aromatic rings. The van der Waals surface area contributed by atoms with Crippen molar-refractivity contribution in [3.05, 3.63) is 65.5 Å². The number of halogens is 1. The van der Waals surface area contributed by atoms with Crippen LogP contribution in [0.15, 0.2) is 59.7 Å². The number of piperazine rings is 1. The summed E-state index contributed by atoms with van der Waals surface area (Å²) < 4.78 is 19.7. The first-order valence-electron chi connectivity index (χ1n) is 11.5. The zero-order valence-corrected chi connectivity index (χ0v) is 18.5. The SMILES string of the molecule is C[C@H]1CN(c2cccc3cc(F)ccc23)CCN1CC[C@H]1OCC2=CC(C(N)=O)=CCC21. The number of hydrogen-bond donors (Lipinski definition) is 1. The van der Waals surface area contributed by atoms with Crippen molar-refractivity contribution >= 4 is 22.4 Å². The van der Waals surface area contributed by atoms with Crippen LogP contribution in [0.2, 0.25) is 0 Å². The third-order valence-corrected chi connectivity index (χ3v) is 7.23. The normalized spacial score (nSPS) is 26.1. The van der Waals surface area contributed by atoms with E-state index in [0.717, 1.165) is 49.8 Å². The highest BCUT2D eigenvalue weighted by Crippen LogP contribution is 2.36. The van der Waals surface area contributed by atoms with Gasteiger partial charge in [-0.05, 0) is 61.1 Å². The molecule has 0 bridgehead atoms. The molecule has 0 aromatic heterocycles. The number of allylic oxidation sites excluding steroid dienone is 1. The van der Waals surface area contributed by atoms with Crippen LogP contribution in [0.1, 0.15) is 19.8 Å². The fourth-order valence-electron chi connectivity index (χ4n) is 5.44. The van der Waals surface area contributed by atoms with Crippen LogP contribution in [0.4, 0.5) is 10.1 Å². The van der Waals surface area contributed by atoms with Crippen molar-refractivity contribution in [1.82, 2.24) is 4.90 Å². The molecule has 1 aliphatic carbocycles. The second kappa shape index (κ2) is 8.68. The molecule has 2 aromatic carbocycles. The standard InChI is InChI=1S/C26H30FN3O2/c1-17-15-30(24-4-2-3-18-14-21(27)6-8-22(18)24)12-11-29(17)10-9-25-23-7-5-19(26(28)31)13-20(23)16-32-25/h2-6,8,13-14,17,23,25H,7,9-12,15-16H2,1H3,(H2,28,31)/t17-,23?,25+/m0/s1. The van der Waals surface area contributed by atoms with Crippen LogP contribution in [0, 0.1) is 11.7 Å². The minimum atomic E-state index is -0.359. The van der Waals surface area contributed by atoms with Gasteiger partial charge in [0.1, 0.15) is 5.82 Å². The average Bonchev–Trinajstić information content (AvgIpc) is 3.20. The Morgan fingerprint density at radius 2 is 2.12 bits per heavy atom. The second-order valence-corrected chi connectivity index (χ2v) is 9.20. The maximum absolute atomic E-state index is 13.6. The number of benzene rings is 2. The highest BCUT2D eigenvalue weighted by Gasteiger charge is 2.35. The van der Waals surface area contributed by atoms with E-state index in [0.29, 0.717) is 24.1 Å². The van der Waals surface area contributed by atoms with E-state index < -0.39 is 0 Å². The molecule has 1 amide bonds. The van der Waals surface area contributed by atoms with E-state index in [1.54, 1.807) is 12.1 Å². The molecule has 2 aliphatic heterocycles. The molecule has 5 nitrogen and oxygen atoms in total. The van der Waals surface area contributed by atoms with Crippen molar-refractivity contribution in [2.24, 2.45) is 11.7 Å². The Balaban J connectivity index is 1.20. The van der Waals surface area contributed by atoms with Gasteiger partial charge in [-0.25, -0.2) is 4.39 Å². The Morgan fingerprint density at radius 3 is 2.94 bits per heavy atom. The number of nitrogens with zero attached hydrogens (tertiary/aromatic N) is 2. The lowest BCUT2D eigenvalue weighted by molar-refractivity contribution is -0.114. The van der Waals surface area contributed by atoms with E-state index in [1.165, 1.54) is 11.3 Å². The number of fused-ring (bicyclic) bond motifs is 2. The maximum atomic E-state index is 13.6. The molecule has 168 valence electrons. The van der Waals surface area contributed by atoms with Crippen molar-refractivity contribution in [2.75, 3.05) is 37.7 Å². The number of anilines is 1. The summed E-state index contributed by atoms with van der Waals surface area (Å²) in [4.78, 5) is 16.4. The number of hydrogen-bond acceptors (Lipinski definition) is 4. The Labute approximate surface area is 188 Å². The van der Waals surface area contributed by atoms with Gasteiger partial charge in [-0.15, -0.1) is 0 Å². The largest absolute Gasteiger partial charge is 0.373 e. The van der Waals surface area contributed by atoms with E-state index in [-0.39, 0.29) is 17.8 Å². The molecule has 1 unspecified atom stereocenters. The van der Waals surface area contributed by atoms with E-state index in [4.69, 9.17) is 10.5 Å². The molecular weight excluding hydrogens is 405 g/mol. The lowest BCUT2D eigenvalue weighted by Crippen LogP contribution is -2.52. The summed E-state index contributed by atoms with van der Waals surface area (Å²) in [5.41, 5.74) is 8.43. The number of carbonyl (C=O) groups excluding carboxylic acids is 1. The highest BCUT2D eigenvalue weighted by molar-refractivity contribution is 5.95. The third-order valence-electron chi connectivity index (χ3n) is 7.23. The lowest BCUT2D eigenvalue weighted by atomic mass is 9.85. The summed E-state index contributed by atoms with van der Waals surface area (Å²) in [7, 11) is 0. The fraction of sp³-hybridized carbons (Fsp3) is 0.423. The topological polar surface area (TPSA) is 58.8 Å². The van der Waals surface area contributed by atoms with Crippen LogP contribution in [0.3, 0.4) is 0 Å². The molecule has 3 atom stereocenters. The Kier molecular flexibility index (Phi) is 5.74. The molecule has 5 rings (SSSR count). The van der Waals surface area contributed by atoms with Gasteiger partial charge in [0.2, 0.25) is 5.91 Å². The fourth-order valence-corrected chi connectivity index (χ4v) is 5.44. The molecule has 2 N–H and O–H groups in total. The van der Waals surface area contributed by atoms with Crippen LogP contribution in [0.5, 0.6) is 0 Å². The van der Waals surface area contributed by atoms with Crippen LogP contribution >= 0.6 is 0 Å². The predicted molar refractivity (Wildman–Crippen MR) is 125 cm³/mol. The summed E-state index contributed by atoms with van der Waals surface area (Å²) in [6.07, 6.45) is 5.90. The minimum absolute atomic E-state index is 0.195. The molecule has 2 saturated heterocycles. The van der Waals surface area contributed by atoms with Crippen molar-refractivity contribution in [3.63, 3.8) is 0 Å². The number of ether oxygens (including phenoxy) is 1. The summed E-state index contributed by atoms with van der Waals surface area (Å²) in [6, 6.07) is 11.6. The van der Waals surface area contributed by atoms with Crippen molar-refractivity contribution in [3.8, 4) is 0 Å². The number of carbonyl (C=O) groups is 1. The summed E-state index contributed by atoms with van der Waals surface area (Å²) >= 11 is 0. The van der Waals surface area contributed by atoms with Gasteiger partial charge in [0.25, 0.3) is 0 Å². The smallest absolute Gasteiger partial charge is 0.248 e. The summed E-state index contributed by atoms with van der Waals surface area (Å²) in [5.74, 6) is -0.188. The van der Waals surface area contributed by atoms with Gasteiger partial charge in [-0.1, -0.05) is 18.2 Å². The minimum Gasteiger partial charge on any atom is -0.373 e. The van der Waals surface area contributed by atoms with Crippen molar-refractivity contribution < 1.29 is 13.9 Å². The summed E-state index contributed by atoms with van der Waals surface area (Å²) in [6.45, 7) is 6.76. The molecule has 2 fully saturated rings. The molecule has 6 heteroatoms. The van der Waals surface area contributed by atoms with Crippen LogP contribution in [-0.4, -0.2) is 55.7 Å². The molecule has 0 radical (unpaired) electrons. The summed E-state index contributed by atoms with van der Waals surface area (Å²) in [5, 5.41) is 2.05. The molecule has 32 heavy (non-hydrogen) atoms. The first-order valence-corrected chi connectivity index (χ1v) is 11.5. The van der Waals surface area contributed by atoms with Crippen molar-refractivity contribution in [2.45, 2.75) is 31.9 Å². The zero-order valence-electron chi connectivity index (χ0n) is 18.5. The Bertz CT molecular complexity index is 1100. The Morgan fingerprint density at radius 1 is 1.25 bits per heavy atom. The van der Waals surface area contributed by atoms with Gasteiger partial charge in [-0.3, -0.25) is 9.69 Å². The lowest BCUT2D eigenvalue weighted by Gasteiger charge is -2.41. The van der Waals surface area contributed by atoms with Gasteiger partial charge in [0, 0.05) is 54.8 Å². The van der Waals surface area contributed by atoms with Crippen LogP contribution in [0.25, 0.3) is 10.8 Å². The highest BCUT2D eigenvalue weighted by atomic mass is 19.1. The third kappa shape index (κ3) is 4.05. The van der Waals surface area contributed by atoms with Gasteiger partial charge < -0.3 is 15.4 Å². The Hall–Kier alpha value is -2.70. The first kappa shape index (κ1) is 21.2. The van der Waals surface area contributed by atoms with Gasteiger partial charge in [0.05, 0.1) is 12.7 Å². The van der Waals surface area contributed by atoms with E-state index in [9.17, 15) is 9.18 Å². The quantitative estimate of drug-likeness (QED) is 0.779. The van der Waals surface area contributed by atoms with E-state index in [1.807, 2.05) is 30.4 Å². The average molecular weight is 436 g/mol. The van der Waals surface area contributed by atoms with Gasteiger partial charge in [0.15, 0.2) is 0 Å². The molecule has 2 heterocycles.